The van der Waals surface area contributed by atoms with Gasteiger partial charge in [0.05, 0.1) is 0 Å². The van der Waals surface area contributed by atoms with Crippen LogP contribution in [0.25, 0.3) is 0 Å². The molecular formula is C15H15F2NO. The van der Waals surface area contributed by atoms with Crippen LogP contribution in [0.2, 0.25) is 0 Å². The summed E-state index contributed by atoms with van der Waals surface area (Å²) < 4.78 is 32.6. The van der Waals surface area contributed by atoms with Crippen LogP contribution in [-0.4, -0.2) is 0 Å². The third kappa shape index (κ3) is 3.09. The third-order valence-corrected chi connectivity index (χ3v) is 2.82. The van der Waals surface area contributed by atoms with Gasteiger partial charge in [-0.15, -0.1) is 0 Å². The predicted molar refractivity (Wildman–Crippen MR) is 69.7 cm³/mol. The molecule has 0 aromatic heterocycles. The topological polar surface area (TPSA) is 35.2 Å². The minimum atomic E-state index is -0.494. The van der Waals surface area contributed by atoms with Crippen molar-refractivity contribution in [3.05, 3.63) is 65.2 Å². The highest BCUT2D eigenvalue weighted by molar-refractivity contribution is 5.37. The number of hydrogen-bond acceptors (Lipinski definition) is 2. The van der Waals surface area contributed by atoms with Crippen molar-refractivity contribution in [3.8, 4) is 5.75 Å². The Bertz CT molecular complexity index is 570. The van der Waals surface area contributed by atoms with Gasteiger partial charge in [0.25, 0.3) is 0 Å². The van der Waals surface area contributed by atoms with Gasteiger partial charge in [-0.3, -0.25) is 0 Å². The van der Waals surface area contributed by atoms with Crippen molar-refractivity contribution < 1.29 is 13.5 Å². The van der Waals surface area contributed by atoms with E-state index < -0.39 is 5.82 Å². The van der Waals surface area contributed by atoms with Crippen LogP contribution in [0.4, 0.5) is 8.78 Å². The maximum Gasteiger partial charge on any atom is 0.165 e. The van der Waals surface area contributed by atoms with Gasteiger partial charge >= 0.3 is 0 Å². The van der Waals surface area contributed by atoms with Crippen LogP contribution in [0.15, 0.2) is 42.5 Å². The van der Waals surface area contributed by atoms with Crippen LogP contribution in [0.1, 0.15) is 24.1 Å². The van der Waals surface area contributed by atoms with E-state index >= 15 is 0 Å². The smallest absolute Gasteiger partial charge is 0.165 e. The largest absolute Gasteiger partial charge is 0.485 e. The summed E-state index contributed by atoms with van der Waals surface area (Å²) in [6.45, 7) is 1.71. The number of hydrogen-bond donors (Lipinski definition) is 1. The number of nitrogens with two attached hydrogens (primary N) is 1. The van der Waals surface area contributed by atoms with Gasteiger partial charge in [0.1, 0.15) is 12.4 Å². The van der Waals surface area contributed by atoms with E-state index in [1.165, 1.54) is 12.1 Å². The standard InChI is InChI=1S/C15H15F2NO/c1-10(18)12-6-4-8-14(17)15(12)19-9-11-5-2-3-7-13(11)16/h2-8,10H,9,18H2,1H3/t10-/m1/s1. The summed E-state index contributed by atoms with van der Waals surface area (Å²) >= 11 is 0. The molecule has 2 aromatic carbocycles. The van der Waals surface area contributed by atoms with Crippen LogP contribution in [0.3, 0.4) is 0 Å². The van der Waals surface area contributed by atoms with Crippen molar-refractivity contribution in [3.63, 3.8) is 0 Å². The lowest BCUT2D eigenvalue weighted by molar-refractivity contribution is 0.280. The van der Waals surface area contributed by atoms with Gasteiger partial charge < -0.3 is 10.5 Å². The first-order chi connectivity index (χ1) is 9.09. The summed E-state index contributed by atoms with van der Waals surface area (Å²) in [5.41, 5.74) is 6.70. The van der Waals surface area contributed by atoms with Gasteiger partial charge in [-0.2, -0.15) is 0 Å². The lowest BCUT2D eigenvalue weighted by Crippen LogP contribution is -2.09. The Balaban J connectivity index is 2.22. The second-order valence-electron chi connectivity index (χ2n) is 4.33. The Kier molecular flexibility index (Phi) is 4.12. The Morgan fingerprint density at radius 2 is 1.74 bits per heavy atom. The molecule has 1 atom stereocenters. The monoisotopic (exact) mass is 263 g/mol. The second kappa shape index (κ2) is 5.80. The number of para-hydroxylation sites is 1. The number of halogens is 2. The Hall–Kier alpha value is -1.94. The zero-order valence-corrected chi connectivity index (χ0v) is 10.6. The van der Waals surface area contributed by atoms with E-state index in [0.717, 1.165) is 0 Å². The number of benzene rings is 2. The van der Waals surface area contributed by atoms with Crippen molar-refractivity contribution in [1.29, 1.82) is 0 Å². The van der Waals surface area contributed by atoms with Gasteiger partial charge in [-0.25, -0.2) is 8.78 Å². The fraction of sp³-hybridized carbons (Fsp3) is 0.200. The lowest BCUT2D eigenvalue weighted by atomic mass is 10.1. The molecule has 0 bridgehead atoms. The fourth-order valence-electron chi connectivity index (χ4n) is 1.80. The summed E-state index contributed by atoms with van der Waals surface area (Å²) in [7, 11) is 0. The molecule has 2 nitrogen and oxygen atoms in total. The average molecular weight is 263 g/mol. The highest BCUT2D eigenvalue weighted by Crippen LogP contribution is 2.27. The molecule has 0 amide bonds. The van der Waals surface area contributed by atoms with Crippen LogP contribution in [0.5, 0.6) is 5.75 Å². The Labute approximate surface area is 110 Å². The van der Waals surface area contributed by atoms with Crippen LogP contribution >= 0.6 is 0 Å². The molecule has 0 radical (unpaired) electrons. The van der Waals surface area contributed by atoms with Gasteiger partial charge in [0.2, 0.25) is 0 Å². The molecule has 19 heavy (non-hydrogen) atoms. The summed E-state index contributed by atoms with van der Waals surface area (Å²) in [5, 5.41) is 0. The van der Waals surface area contributed by atoms with Gasteiger partial charge in [-0.1, -0.05) is 30.3 Å². The Morgan fingerprint density at radius 3 is 2.42 bits per heavy atom. The molecule has 0 aliphatic carbocycles. The summed E-state index contributed by atoms with van der Waals surface area (Å²) in [6, 6.07) is 10.4. The average Bonchev–Trinajstić information content (AvgIpc) is 2.38. The summed E-state index contributed by atoms with van der Waals surface area (Å²) in [6.07, 6.45) is 0. The zero-order valence-electron chi connectivity index (χ0n) is 10.6. The first kappa shape index (κ1) is 13.5. The number of ether oxygens (including phenoxy) is 1. The number of rotatable bonds is 4. The SMILES string of the molecule is C[C@@H](N)c1cccc(F)c1OCc1ccccc1F. The molecule has 2 aromatic rings. The molecule has 2 N–H and O–H groups in total. The minimum absolute atomic E-state index is 0.0344. The molecule has 0 fully saturated rings. The molecule has 0 unspecified atom stereocenters. The summed E-state index contributed by atoms with van der Waals surface area (Å²) in [5.74, 6) is -0.784. The molecule has 4 heteroatoms. The fourth-order valence-corrected chi connectivity index (χ4v) is 1.80. The van der Waals surface area contributed by atoms with Crippen LogP contribution in [0, 0.1) is 11.6 Å². The van der Waals surface area contributed by atoms with E-state index in [2.05, 4.69) is 0 Å². The van der Waals surface area contributed by atoms with Crippen molar-refractivity contribution in [2.75, 3.05) is 0 Å². The van der Waals surface area contributed by atoms with Crippen LogP contribution in [-0.2, 0) is 6.61 Å². The van der Waals surface area contributed by atoms with Gasteiger partial charge in [0.15, 0.2) is 11.6 Å². The van der Waals surface area contributed by atoms with Crippen molar-refractivity contribution in [1.82, 2.24) is 0 Å². The first-order valence-electron chi connectivity index (χ1n) is 6.00. The highest BCUT2D eigenvalue weighted by atomic mass is 19.1. The summed E-state index contributed by atoms with van der Waals surface area (Å²) in [4.78, 5) is 0. The molecule has 0 saturated carbocycles. The third-order valence-electron chi connectivity index (χ3n) is 2.82. The van der Waals surface area contributed by atoms with E-state index in [4.69, 9.17) is 10.5 Å². The zero-order chi connectivity index (χ0) is 13.8. The normalized spacial score (nSPS) is 12.2. The Morgan fingerprint density at radius 1 is 1.05 bits per heavy atom. The second-order valence-corrected chi connectivity index (χ2v) is 4.33. The molecular weight excluding hydrogens is 248 g/mol. The van der Waals surface area contributed by atoms with E-state index in [1.54, 1.807) is 37.3 Å². The van der Waals surface area contributed by atoms with Gasteiger partial charge in [0, 0.05) is 17.2 Å². The van der Waals surface area contributed by atoms with Crippen molar-refractivity contribution >= 4 is 0 Å². The van der Waals surface area contributed by atoms with E-state index in [0.29, 0.717) is 11.1 Å². The maximum atomic E-state index is 13.7. The van der Waals surface area contributed by atoms with Crippen molar-refractivity contribution in [2.45, 2.75) is 19.6 Å². The van der Waals surface area contributed by atoms with Crippen LogP contribution < -0.4 is 10.5 Å². The van der Waals surface area contributed by atoms with E-state index in [-0.39, 0.29) is 24.2 Å². The van der Waals surface area contributed by atoms with E-state index in [9.17, 15) is 8.78 Å². The molecule has 0 heterocycles. The first-order valence-corrected chi connectivity index (χ1v) is 6.00. The quantitative estimate of drug-likeness (QED) is 0.915. The molecule has 100 valence electrons. The highest BCUT2D eigenvalue weighted by Gasteiger charge is 2.13. The maximum absolute atomic E-state index is 13.7. The molecule has 0 aliphatic rings. The van der Waals surface area contributed by atoms with Crippen molar-refractivity contribution in [2.24, 2.45) is 5.73 Å². The molecule has 0 spiro atoms. The molecule has 0 saturated heterocycles. The lowest BCUT2D eigenvalue weighted by Gasteiger charge is -2.15. The minimum Gasteiger partial charge on any atom is -0.485 e. The van der Waals surface area contributed by atoms with E-state index in [1.807, 2.05) is 0 Å². The molecule has 2 rings (SSSR count). The predicted octanol–water partition coefficient (Wildman–Crippen LogP) is 3.56. The van der Waals surface area contributed by atoms with Gasteiger partial charge in [-0.05, 0) is 19.1 Å². The molecule has 0 aliphatic heterocycles.